The van der Waals surface area contributed by atoms with Crippen LogP contribution in [-0.2, 0) is 11.3 Å². The van der Waals surface area contributed by atoms with Crippen LogP contribution in [0.25, 0.3) is 0 Å². The third-order valence-corrected chi connectivity index (χ3v) is 4.95. The Bertz CT molecular complexity index is 449. The summed E-state index contributed by atoms with van der Waals surface area (Å²) in [6, 6.07) is 9.96. The van der Waals surface area contributed by atoms with E-state index in [-0.39, 0.29) is 17.2 Å². The highest BCUT2D eigenvalue weighted by atomic mass is 35.5. The predicted octanol–water partition coefficient (Wildman–Crippen LogP) is 3.66. The molecule has 0 radical (unpaired) electrons. The molecule has 2 nitrogen and oxygen atoms in total. The largest absolute Gasteiger partial charge is 0.336 e. The summed E-state index contributed by atoms with van der Waals surface area (Å²) in [5, 5.41) is -0.109. The fourth-order valence-corrected chi connectivity index (χ4v) is 3.49. The van der Waals surface area contributed by atoms with Crippen LogP contribution in [0.4, 0.5) is 0 Å². The highest BCUT2D eigenvalue weighted by Gasteiger charge is 2.53. The SMILES string of the molecule is CC[C@]1(Cl)C(=O)N(Cc2ccccc2)C[C@@H]1C(C)Cl. The number of amides is 1. The molecule has 0 aromatic heterocycles. The van der Waals surface area contributed by atoms with Crippen LogP contribution in [-0.4, -0.2) is 27.6 Å². The molecule has 4 heteroatoms. The van der Waals surface area contributed by atoms with E-state index in [1.165, 1.54) is 0 Å². The van der Waals surface area contributed by atoms with Gasteiger partial charge in [-0.05, 0) is 18.9 Å². The number of carbonyl (C=O) groups is 1. The van der Waals surface area contributed by atoms with Gasteiger partial charge in [0.15, 0.2) is 0 Å². The maximum atomic E-state index is 12.5. The molecule has 1 aliphatic heterocycles. The van der Waals surface area contributed by atoms with E-state index in [2.05, 4.69) is 0 Å². The maximum Gasteiger partial charge on any atom is 0.244 e. The van der Waals surface area contributed by atoms with Crippen molar-refractivity contribution in [2.75, 3.05) is 6.54 Å². The fourth-order valence-electron chi connectivity index (χ4n) is 2.75. The monoisotopic (exact) mass is 299 g/mol. The Hall–Kier alpha value is -0.730. The van der Waals surface area contributed by atoms with Crippen molar-refractivity contribution in [3.63, 3.8) is 0 Å². The number of carbonyl (C=O) groups excluding carboxylic acids is 1. The molecule has 1 aromatic carbocycles. The zero-order chi connectivity index (χ0) is 14.0. The van der Waals surface area contributed by atoms with E-state index in [4.69, 9.17) is 23.2 Å². The summed E-state index contributed by atoms with van der Waals surface area (Å²) in [4.78, 5) is 13.5. The second kappa shape index (κ2) is 5.72. The normalized spacial score (nSPS) is 28.7. The van der Waals surface area contributed by atoms with Crippen molar-refractivity contribution in [3.8, 4) is 0 Å². The Morgan fingerprint density at radius 3 is 2.53 bits per heavy atom. The molecule has 1 aliphatic rings. The lowest BCUT2D eigenvalue weighted by Crippen LogP contribution is -2.39. The molecule has 19 heavy (non-hydrogen) atoms. The predicted molar refractivity (Wildman–Crippen MR) is 79.5 cm³/mol. The molecule has 0 bridgehead atoms. The molecule has 3 atom stereocenters. The Balaban J connectivity index is 2.19. The summed E-state index contributed by atoms with van der Waals surface area (Å²) >= 11 is 12.8. The fraction of sp³-hybridized carbons (Fsp3) is 0.533. The first-order chi connectivity index (χ1) is 8.99. The van der Waals surface area contributed by atoms with Gasteiger partial charge in [0.2, 0.25) is 5.91 Å². The number of benzene rings is 1. The van der Waals surface area contributed by atoms with Crippen molar-refractivity contribution in [2.24, 2.45) is 5.92 Å². The molecule has 1 fully saturated rings. The summed E-state index contributed by atoms with van der Waals surface area (Å²) in [5.41, 5.74) is 1.12. The van der Waals surface area contributed by atoms with Crippen LogP contribution in [0.3, 0.4) is 0 Å². The van der Waals surface area contributed by atoms with E-state index in [1.54, 1.807) is 0 Å². The van der Waals surface area contributed by atoms with Crippen LogP contribution in [0.2, 0.25) is 0 Å². The Morgan fingerprint density at radius 1 is 1.42 bits per heavy atom. The molecular weight excluding hydrogens is 281 g/mol. The standard InChI is InChI=1S/C15H19Cl2NO/c1-3-15(17)13(11(2)16)10-18(14(15)19)9-12-7-5-4-6-8-12/h4-8,11,13H,3,9-10H2,1-2H3/t11?,13-,15-/m1/s1. The molecule has 0 N–H and O–H groups in total. The van der Waals surface area contributed by atoms with E-state index in [0.29, 0.717) is 19.5 Å². The van der Waals surface area contributed by atoms with E-state index >= 15 is 0 Å². The second-order valence-corrected chi connectivity index (χ2v) is 6.53. The Labute approximate surface area is 124 Å². The highest BCUT2D eigenvalue weighted by molar-refractivity contribution is 6.36. The first-order valence-corrected chi connectivity index (χ1v) is 7.46. The van der Waals surface area contributed by atoms with Gasteiger partial charge in [0.1, 0.15) is 4.87 Å². The van der Waals surface area contributed by atoms with Crippen LogP contribution in [0, 0.1) is 5.92 Å². The van der Waals surface area contributed by atoms with Gasteiger partial charge in [-0.1, -0.05) is 37.3 Å². The van der Waals surface area contributed by atoms with Gasteiger partial charge in [0, 0.05) is 24.4 Å². The quantitative estimate of drug-likeness (QED) is 0.777. The van der Waals surface area contributed by atoms with Crippen molar-refractivity contribution in [1.29, 1.82) is 0 Å². The minimum absolute atomic E-state index is 0.00274. The molecule has 1 heterocycles. The van der Waals surface area contributed by atoms with Gasteiger partial charge in [-0.15, -0.1) is 23.2 Å². The summed E-state index contributed by atoms with van der Waals surface area (Å²) in [5.74, 6) is 0.00932. The Morgan fingerprint density at radius 2 is 2.05 bits per heavy atom. The van der Waals surface area contributed by atoms with E-state index in [9.17, 15) is 4.79 Å². The van der Waals surface area contributed by atoms with Gasteiger partial charge in [-0.2, -0.15) is 0 Å². The summed E-state index contributed by atoms with van der Waals surface area (Å²) < 4.78 is 0. The zero-order valence-electron chi connectivity index (χ0n) is 11.3. The van der Waals surface area contributed by atoms with Gasteiger partial charge >= 0.3 is 0 Å². The molecule has 0 aliphatic carbocycles. The van der Waals surface area contributed by atoms with Crippen molar-refractivity contribution in [3.05, 3.63) is 35.9 Å². The lowest BCUT2D eigenvalue weighted by Gasteiger charge is -2.25. The van der Waals surface area contributed by atoms with Gasteiger partial charge in [-0.25, -0.2) is 0 Å². The number of halogens is 2. The van der Waals surface area contributed by atoms with Crippen LogP contribution < -0.4 is 0 Å². The smallest absolute Gasteiger partial charge is 0.244 e. The molecule has 1 unspecified atom stereocenters. The van der Waals surface area contributed by atoms with Crippen LogP contribution in [0.15, 0.2) is 30.3 Å². The molecular formula is C15H19Cl2NO. The van der Waals surface area contributed by atoms with Gasteiger partial charge in [-0.3, -0.25) is 4.79 Å². The topological polar surface area (TPSA) is 20.3 Å². The molecule has 1 saturated heterocycles. The number of hydrogen-bond donors (Lipinski definition) is 0. The van der Waals surface area contributed by atoms with Gasteiger partial charge < -0.3 is 4.90 Å². The van der Waals surface area contributed by atoms with E-state index < -0.39 is 4.87 Å². The van der Waals surface area contributed by atoms with Crippen LogP contribution >= 0.6 is 23.2 Å². The van der Waals surface area contributed by atoms with Gasteiger partial charge in [0.05, 0.1) is 0 Å². The van der Waals surface area contributed by atoms with Crippen molar-refractivity contribution in [1.82, 2.24) is 4.90 Å². The average molecular weight is 300 g/mol. The minimum atomic E-state index is -0.837. The van der Waals surface area contributed by atoms with Crippen molar-refractivity contribution in [2.45, 2.75) is 37.1 Å². The number of hydrogen-bond acceptors (Lipinski definition) is 1. The minimum Gasteiger partial charge on any atom is -0.336 e. The molecule has 2 rings (SSSR count). The molecule has 1 amide bonds. The van der Waals surface area contributed by atoms with E-state index in [0.717, 1.165) is 5.56 Å². The lowest BCUT2D eigenvalue weighted by molar-refractivity contribution is -0.130. The van der Waals surface area contributed by atoms with Gasteiger partial charge in [0.25, 0.3) is 0 Å². The van der Waals surface area contributed by atoms with Crippen LogP contribution in [0.1, 0.15) is 25.8 Å². The second-order valence-electron chi connectivity index (χ2n) is 5.17. The van der Waals surface area contributed by atoms with Crippen molar-refractivity contribution >= 4 is 29.1 Å². The van der Waals surface area contributed by atoms with Crippen molar-refractivity contribution < 1.29 is 4.79 Å². The zero-order valence-corrected chi connectivity index (χ0v) is 12.8. The first kappa shape index (κ1) is 14.7. The highest BCUT2D eigenvalue weighted by Crippen LogP contribution is 2.41. The number of nitrogens with zero attached hydrogens (tertiary/aromatic N) is 1. The Kier molecular flexibility index (Phi) is 4.42. The van der Waals surface area contributed by atoms with Crippen LogP contribution in [0.5, 0.6) is 0 Å². The molecule has 1 aromatic rings. The summed E-state index contributed by atoms with van der Waals surface area (Å²) in [7, 11) is 0. The third-order valence-electron chi connectivity index (χ3n) is 3.93. The summed E-state index contributed by atoms with van der Waals surface area (Å²) in [6.45, 7) is 5.10. The molecule has 0 spiro atoms. The lowest BCUT2D eigenvalue weighted by atomic mass is 9.89. The maximum absolute atomic E-state index is 12.5. The number of alkyl halides is 2. The molecule has 104 valence electrons. The number of rotatable bonds is 4. The van der Waals surface area contributed by atoms with E-state index in [1.807, 2.05) is 49.1 Å². The first-order valence-electron chi connectivity index (χ1n) is 6.65. The third kappa shape index (κ3) is 2.75. The average Bonchev–Trinajstić information content (AvgIpc) is 2.66. The molecule has 0 saturated carbocycles. The number of likely N-dealkylation sites (tertiary alicyclic amines) is 1. The summed E-state index contributed by atoms with van der Waals surface area (Å²) in [6.07, 6.45) is 0.612.